The number of methoxy groups -OCH3 is 1. The number of ether oxygens (including phenoxy) is 4. The Morgan fingerprint density at radius 2 is 2.05 bits per heavy atom. The van der Waals surface area contributed by atoms with Gasteiger partial charge in [0, 0.05) is 18.2 Å². The highest BCUT2D eigenvalue weighted by Crippen LogP contribution is 2.40. The van der Waals surface area contributed by atoms with E-state index in [0.717, 1.165) is 11.3 Å². The number of thiazole rings is 1. The summed E-state index contributed by atoms with van der Waals surface area (Å²) in [5.41, 5.74) is 6.23. The van der Waals surface area contributed by atoms with Gasteiger partial charge in [-0.3, -0.25) is 14.5 Å². The van der Waals surface area contributed by atoms with Crippen LogP contribution in [-0.4, -0.2) is 90.4 Å². The Hall–Kier alpha value is -3.37. The van der Waals surface area contributed by atoms with Gasteiger partial charge in [-0.1, -0.05) is 12.1 Å². The van der Waals surface area contributed by atoms with Gasteiger partial charge in [-0.2, -0.15) is 0 Å². The quantitative estimate of drug-likeness (QED) is 0.122. The number of carbonyl (C=O) groups is 4. The van der Waals surface area contributed by atoms with E-state index in [1.807, 2.05) is 6.92 Å². The zero-order valence-corrected chi connectivity index (χ0v) is 22.0. The molecule has 0 radical (unpaired) electrons. The van der Waals surface area contributed by atoms with Gasteiger partial charge < -0.3 is 34.8 Å². The van der Waals surface area contributed by atoms with Crippen LogP contribution in [-0.2, 0) is 38.2 Å². The molecule has 2 aliphatic rings. The summed E-state index contributed by atoms with van der Waals surface area (Å²) in [6, 6.07) is -0.951. The van der Waals surface area contributed by atoms with Crippen LogP contribution in [0.5, 0.6) is 0 Å². The van der Waals surface area contributed by atoms with Crippen LogP contribution >= 0.6 is 23.1 Å². The minimum absolute atomic E-state index is 0.0258. The number of carbonyl (C=O) groups excluding carboxylic acids is 4. The summed E-state index contributed by atoms with van der Waals surface area (Å²) in [6.07, 6.45) is -0.376. The van der Waals surface area contributed by atoms with E-state index in [4.69, 9.17) is 29.5 Å². The summed E-state index contributed by atoms with van der Waals surface area (Å²) in [5.74, 6) is -1.77. The number of nitrogens with two attached hydrogens (primary N) is 1. The molecule has 1 aromatic rings. The number of amides is 2. The number of anilines is 1. The van der Waals surface area contributed by atoms with Crippen molar-refractivity contribution in [3.63, 3.8) is 0 Å². The Kier molecular flexibility index (Phi) is 10.1. The number of esters is 1. The molecule has 37 heavy (non-hydrogen) atoms. The lowest BCUT2D eigenvalue weighted by atomic mass is 10.0. The van der Waals surface area contributed by atoms with E-state index < -0.39 is 42.1 Å². The van der Waals surface area contributed by atoms with E-state index in [-0.39, 0.29) is 42.1 Å². The van der Waals surface area contributed by atoms with Gasteiger partial charge in [0.25, 0.3) is 11.8 Å². The fourth-order valence-corrected chi connectivity index (χ4v) is 5.20. The summed E-state index contributed by atoms with van der Waals surface area (Å²) in [7, 11) is 1.45. The molecule has 14 nitrogen and oxygen atoms in total. The lowest BCUT2D eigenvalue weighted by molar-refractivity contribution is -0.157. The molecule has 3 rings (SSSR count). The SMILES string of the molecule is CCCOC(=O)OCOC(=O)C1=C(COC)CS[C@@H]2C(NC(=O)/C(=N/OCC)c3csc(N)n3)C(=O)N12. The molecule has 1 aromatic heterocycles. The van der Waals surface area contributed by atoms with E-state index in [2.05, 4.69) is 15.5 Å². The predicted molar refractivity (Wildman–Crippen MR) is 132 cm³/mol. The van der Waals surface area contributed by atoms with Crippen LogP contribution in [0.2, 0.25) is 0 Å². The van der Waals surface area contributed by atoms with E-state index in [1.54, 1.807) is 12.3 Å². The molecular formula is C21H27N5O9S2. The van der Waals surface area contributed by atoms with Crippen molar-refractivity contribution in [2.45, 2.75) is 31.7 Å². The maximum absolute atomic E-state index is 13.1. The molecule has 1 fully saturated rings. The summed E-state index contributed by atoms with van der Waals surface area (Å²) >= 11 is 2.46. The number of aromatic nitrogens is 1. The first-order valence-electron chi connectivity index (χ1n) is 11.2. The molecule has 2 atom stereocenters. The van der Waals surface area contributed by atoms with Crippen LogP contribution in [0.1, 0.15) is 26.0 Å². The van der Waals surface area contributed by atoms with Crippen LogP contribution in [0.4, 0.5) is 9.93 Å². The second-order valence-electron chi connectivity index (χ2n) is 7.47. The van der Waals surface area contributed by atoms with E-state index in [9.17, 15) is 19.2 Å². The first kappa shape index (κ1) is 28.2. The molecule has 3 heterocycles. The molecule has 16 heteroatoms. The minimum Gasteiger partial charge on any atom is -0.434 e. The maximum Gasteiger partial charge on any atom is 0.511 e. The number of nitrogens with zero attached hydrogens (tertiary/aromatic N) is 3. The van der Waals surface area contributed by atoms with E-state index in [1.165, 1.54) is 23.8 Å². The number of nitrogens with one attached hydrogen (secondary N) is 1. The molecule has 3 N–H and O–H groups in total. The van der Waals surface area contributed by atoms with Crippen molar-refractivity contribution in [3.8, 4) is 0 Å². The number of nitrogen functional groups attached to an aromatic ring is 1. The number of rotatable bonds is 12. The fourth-order valence-electron chi connectivity index (χ4n) is 3.32. The Bertz CT molecular complexity index is 1090. The Balaban J connectivity index is 1.70. The molecule has 1 saturated heterocycles. The third-order valence-electron chi connectivity index (χ3n) is 4.90. The van der Waals surface area contributed by atoms with Crippen molar-refractivity contribution in [2.75, 3.05) is 45.2 Å². The monoisotopic (exact) mass is 557 g/mol. The third kappa shape index (κ3) is 6.69. The van der Waals surface area contributed by atoms with Gasteiger partial charge in [0.2, 0.25) is 6.79 Å². The van der Waals surface area contributed by atoms with Gasteiger partial charge in [0.1, 0.15) is 29.4 Å². The van der Waals surface area contributed by atoms with Crippen LogP contribution in [0.25, 0.3) is 0 Å². The maximum atomic E-state index is 13.1. The zero-order chi connectivity index (χ0) is 26.9. The summed E-state index contributed by atoms with van der Waals surface area (Å²) in [6.45, 7) is 3.26. The molecular weight excluding hydrogens is 530 g/mol. The lowest BCUT2D eigenvalue weighted by Gasteiger charge is -2.49. The Morgan fingerprint density at radius 3 is 2.70 bits per heavy atom. The van der Waals surface area contributed by atoms with Crippen molar-refractivity contribution >= 4 is 57.9 Å². The van der Waals surface area contributed by atoms with Crippen molar-refractivity contribution < 1.29 is 43.0 Å². The summed E-state index contributed by atoms with van der Waals surface area (Å²) < 4.78 is 19.7. The van der Waals surface area contributed by atoms with E-state index in [0.29, 0.717) is 17.7 Å². The average Bonchev–Trinajstić information content (AvgIpc) is 3.31. The largest absolute Gasteiger partial charge is 0.511 e. The normalized spacial score (nSPS) is 19.1. The zero-order valence-electron chi connectivity index (χ0n) is 20.4. The minimum atomic E-state index is -0.980. The third-order valence-corrected chi connectivity index (χ3v) is 6.91. The topological polar surface area (TPSA) is 181 Å². The molecule has 1 unspecified atom stereocenters. The smallest absolute Gasteiger partial charge is 0.434 e. The number of β-lactam (4-membered cyclic amide) rings is 1. The number of thioether (sulfide) groups is 1. The highest BCUT2D eigenvalue weighted by Gasteiger charge is 2.54. The van der Waals surface area contributed by atoms with Crippen LogP contribution in [0, 0.1) is 0 Å². The van der Waals surface area contributed by atoms with Crippen molar-refractivity contribution in [1.82, 2.24) is 15.2 Å². The molecule has 202 valence electrons. The number of fused-ring (bicyclic) bond motifs is 1. The predicted octanol–water partition coefficient (Wildman–Crippen LogP) is 0.830. The van der Waals surface area contributed by atoms with Crippen LogP contribution < -0.4 is 11.1 Å². The first-order valence-corrected chi connectivity index (χ1v) is 13.1. The Morgan fingerprint density at radius 1 is 1.27 bits per heavy atom. The number of hydrogen-bond donors (Lipinski definition) is 2. The summed E-state index contributed by atoms with van der Waals surface area (Å²) in [5, 5.41) is 7.65. The second-order valence-corrected chi connectivity index (χ2v) is 9.46. The highest BCUT2D eigenvalue weighted by atomic mass is 32.2. The molecule has 0 aromatic carbocycles. The van der Waals surface area contributed by atoms with Crippen molar-refractivity contribution in [1.29, 1.82) is 0 Å². The van der Waals surface area contributed by atoms with Gasteiger partial charge in [-0.15, -0.1) is 23.1 Å². The van der Waals surface area contributed by atoms with Crippen molar-refractivity contribution in [2.24, 2.45) is 5.16 Å². The Labute approximate surface area is 220 Å². The molecule has 2 amide bonds. The molecule has 0 saturated carbocycles. The number of oxime groups is 1. The molecule has 0 bridgehead atoms. The van der Waals surface area contributed by atoms with Gasteiger partial charge in [0.15, 0.2) is 10.8 Å². The van der Waals surface area contributed by atoms with Gasteiger partial charge in [-0.05, 0) is 18.9 Å². The fraction of sp³-hybridized carbons (Fsp3) is 0.524. The van der Waals surface area contributed by atoms with Crippen LogP contribution in [0.15, 0.2) is 21.8 Å². The first-order chi connectivity index (χ1) is 17.8. The highest BCUT2D eigenvalue weighted by molar-refractivity contribution is 8.00. The molecule has 0 spiro atoms. The standard InChI is InChI=1S/C21H27N5O9S2/c1-4-6-32-21(30)34-10-33-19(29)15-11(7-31-3)8-36-18-14(17(28)26(15)18)24-16(27)13(25-35-5-2)12-9-37-20(22)23-12/h9,14,18H,4-8,10H2,1-3H3,(H2,22,23)(H,24,27)/b25-13+/t14?,18-/m1/s1. The molecule has 0 aliphatic carbocycles. The van der Waals surface area contributed by atoms with Gasteiger partial charge in [-0.25, -0.2) is 14.6 Å². The molecule has 2 aliphatic heterocycles. The average molecular weight is 558 g/mol. The summed E-state index contributed by atoms with van der Waals surface area (Å²) in [4.78, 5) is 60.7. The van der Waals surface area contributed by atoms with Gasteiger partial charge in [0.05, 0.1) is 13.2 Å². The second kappa shape index (κ2) is 13.3. The lowest BCUT2D eigenvalue weighted by Crippen LogP contribution is -2.71. The van der Waals surface area contributed by atoms with Gasteiger partial charge >= 0.3 is 12.1 Å². The number of hydrogen-bond acceptors (Lipinski definition) is 14. The van der Waals surface area contributed by atoms with Crippen LogP contribution in [0.3, 0.4) is 0 Å². The van der Waals surface area contributed by atoms with Crippen molar-refractivity contribution in [3.05, 3.63) is 22.3 Å². The van der Waals surface area contributed by atoms with E-state index >= 15 is 0 Å².